The molecule has 1 atom stereocenters. The lowest BCUT2D eigenvalue weighted by Crippen LogP contribution is -2.48. The fraction of sp³-hybridized carbons (Fsp3) is 0.588. The first-order valence-corrected chi connectivity index (χ1v) is 8.36. The van der Waals surface area contributed by atoms with Crippen molar-refractivity contribution in [2.45, 2.75) is 37.1 Å². The highest BCUT2D eigenvalue weighted by molar-refractivity contribution is 6.30. The Bertz CT molecular complexity index is 522. The minimum atomic E-state index is -0.426. The van der Waals surface area contributed by atoms with Crippen molar-refractivity contribution in [3.8, 4) is 0 Å². The predicted octanol–water partition coefficient (Wildman–Crippen LogP) is 2.24. The van der Waals surface area contributed by atoms with E-state index in [4.69, 9.17) is 22.1 Å². The van der Waals surface area contributed by atoms with E-state index in [1.54, 1.807) is 0 Å². The molecule has 1 aliphatic carbocycles. The van der Waals surface area contributed by atoms with Crippen LogP contribution in [0.4, 0.5) is 0 Å². The molecular formula is C17H23ClN2O2. The number of nitrogens with one attached hydrogen (secondary N) is 1. The molecule has 1 saturated heterocycles. The van der Waals surface area contributed by atoms with Crippen LogP contribution in [0.25, 0.3) is 0 Å². The van der Waals surface area contributed by atoms with Gasteiger partial charge in [-0.05, 0) is 49.3 Å². The van der Waals surface area contributed by atoms with E-state index < -0.39 is 6.04 Å². The number of nitrogens with two attached hydrogens (primary N) is 1. The second kappa shape index (κ2) is 6.57. The van der Waals surface area contributed by atoms with Crippen LogP contribution in [-0.4, -0.2) is 31.7 Å². The topological polar surface area (TPSA) is 64.4 Å². The van der Waals surface area contributed by atoms with Crippen molar-refractivity contribution >= 4 is 17.5 Å². The summed E-state index contributed by atoms with van der Waals surface area (Å²) in [6.07, 6.45) is 3.94. The number of hydrogen-bond donors (Lipinski definition) is 2. The van der Waals surface area contributed by atoms with Gasteiger partial charge in [-0.3, -0.25) is 4.79 Å². The zero-order chi connectivity index (χ0) is 15.6. The number of hydrogen-bond acceptors (Lipinski definition) is 3. The molecule has 1 heterocycles. The number of carbonyl (C=O) groups excluding carboxylic acids is 1. The zero-order valence-corrected chi connectivity index (χ0v) is 13.4. The molecule has 1 aromatic carbocycles. The summed E-state index contributed by atoms with van der Waals surface area (Å²) in [5.74, 6) is 0.201. The van der Waals surface area contributed by atoms with Gasteiger partial charge >= 0.3 is 0 Å². The third-order valence-electron chi connectivity index (χ3n) is 4.99. The maximum absolute atomic E-state index is 12.3. The van der Waals surface area contributed by atoms with Gasteiger partial charge in [-0.25, -0.2) is 0 Å². The van der Waals surface area contributed by atoms with Crippen molar-refractivity contribution in [2.24, 2.45) is 11.7 Å². The number of ether oxygens (including phenoxy) is 1. The highest BCUT2D eigenvalue weighted by Crippen LogP contribution is 2.47. The van der Waals surface area contributed by atoms with Crippen LogP contribution in [0.3, 0.4) is 0 Å². The molecule has 1 aliphatic heterocycles. The Morgan fingerprint density at radius 1 is 1.32 bits per heavy atom. The molecule has 3 rings (SSSR count). The molecule has 0 spiro atoms. The Morgan fingerprint density at radius 3 is 2.55 bits per heavy atom. The largest absolute Gasteiger partial charge is 0.381 e. The van der Waals surface area contributed by atoms with E-state index in [-0.39, 0.29) is 17.2 Å². The summed E-state index contributed by atoms with van der Waals surface area (Å²) < 4.78 is 5.32. The summed E-state index contributed by atoms with van der Waals surface area (Å²) in [5, 5.41) is 3.80. The SMILES string of the molecule is NC(C(=O)NCC1(c2ccc(Cl)cc2)CC1)C1CCOCC1. The molecule has 1 aromatic rings. The number of rotatable bonds is 5. The van der Waals surface area contributed by atoms with Gasteiger partial charge in [0.1, 0.15) is 0 Å². The minimum Gasteiger partial charge on any atom is -0.381 e. The molecular weight excluding hydrogens is 300 g/mol. The average Bonchev–Trinajstić information content (AvgIpc) is 3.34. The van der Waals surface area contributed by atoms with Crippen LogP contribution >= 0.6 is 11.6 Å². The number of carbonyl (C=O) groups is 1. The number of amides is 1. The van der Waals surface area contributed by atoms with Crippen LogP contribution in [0.5, 0.6) is 0 Å². The summed E-state index contributed by atoms with van der Waals surface area (Å²) in [6, 6.07) is 7.50. The van der Waals surface area contributed by atoms with E-state index in [1.807, 2.05) is 12.1 Å². The standard InChI is InChI=1S/C17H23ClN2O2/c18-14-3-1-13(2-4-14)17(7-8-17)11-20-16(21)15(19)12-5-9-22-10-6-12/h1-4,12,15H,5-11,19H2,(H,20,21). The third kappa shape index (κ3) is 3.45. The van der Waals surface area contributed by atoms with E-state index in [0.717, 1.165) is 30.7 Å². The predicted molar refractivity (Wildman–Crippen MR) is 86.9 cm³/mol. The summed E-state index contributed by atoms with van der Waals surface area (Å²) >= 11 is 5.94. The van der Waals surface area contributed by atoms with Gasteiger partial charge in [-0.2, -0.15) is 0 Å². The van der Waals surface area contributed by atoms with Gasteiger partial charge in [0.2, 0.25) is 5.91 Å². The van der Waals surface area contributed by atoms with Crippen LogP contribution in [0.15, 0.2) is 24.3 Å². The first kappa shape index (κ1) is 15.8. The highest BCUT2D eigenvalue weighted by atomic mass is 35.5. The second-order valence-corrected chi connectivity index (χ2v) is 6.92. The van der Waals surface area contributed by atoms with Crippen LogP contribution < -0.4 is 11.1 Å². The van der Waals surface area contributed by atoms with E-state index in [1.165, 1.54) is 5.56 Å². The molecule has 1 unspecified atom stereocenters. The van der Waals surface area contributed by atoms with Crippen molar-refractivity contribution in [1.82, 2.24) is 5.32 Å². The van der Waals surface area contributed by atoms with Crippen molar-refractivity contribution in [3.63, 3.8) is 0 Å². The molecule has 1 amide bonds. The quantitative estimate of drug-likeness (QED) is 0.874. The maximum Gasteiger partial charge on any atom is 0.237 e. The molecule has 1 saturated carbocycles. The first-order valence-electron chi connectivity index (χ1n) is 7.98. The van der Waals surface area contributed by atoms with Gasteiger partial charge in [0.15, 0.2) is 0 Å². The molecule has 5 heteroatoms. The highest BCUT2D eigenvalue weighted by Gasteiger charge is 2.44. The number of benzene rings is 1. The Kier molecular flexibility index (Phi) is 4.71. The van der Waals surface area contributed by atoms with Gasteiger partial charge in [0, 0.05) is 30.2 Å². The summed E-state index contributed by atoms with van der Waals surface area (Å²) in [4.78, 5) is 12.3. The van der Waals surface area contributed by atoms with Crippen molar-refractivity contribution < 1.29 is 9.53 Å². The Morgan fingerprint density at radius 2 is 1.95 bits per heavy atom. The van der Waals surface area contributed by atoms with Crippen molar-refractivity contribution in [1.29, 1.82) is 0 Å². The fourth-order valence-electron chi connectivity index (χ4n) is 3.19. The normalized spacial score (nSPS) is 22.1. The van der Waals surface area contributed by atoms with E-state index in [0.29, 0.717) is 19.8 Å². The molecule has 2 fully saturated rings. The smallest absolute Gasteiger partial charge is 0.237 e. The molecule has 3 N–H and O–H groups in total. The van der Waals surface area contributed by atoms with Crippen LogP contribution in [0, 0.1) is 5.92 Å². The fourth-order valence-corrected chi connectivity index (χ4v) is 3.31. The van der Waals surface area contributed by atoms with E-state index in [9.17, 15) is 4.79 Å². The van der Waals surface area contributed by atoms with Crippen LogP contribution in [0.1, 0.15) is 31.2 Å². The Labute approximate surface area is 136 Å². The van der Waals surface area contributed by atoms with E-state index in [2.05, 4.69) is 17.4 Å². The van der Waals surface area contributed by atoms with Crippen molar-refractivity contribution in [2.75, 3.05) is 19.8 Å². The summed E-state index contributed by atoms with van der Waals surface area (Å²) in [7, 11) is 0. The van der Waals surface area contributed by atoms with Gasteiger partial charge in [0.25, 0.3) is 0 Å². The summed E-state index contributed by atoms with van der Waals surface area (Å²) in [6.45, 7) is 2.07. The third-order valence-corrected chi connectivity index (χ3v) is 5.24. The molecule has 120 valence electrons. The molecule has 4 nitrogen and oxygen atoms in total. The van der Waals surface area contributed by atoms with Gasteiger partial charge in [0.05, 0.1) is 6.04 Å². The molecule has 0 aromatic heterocycles. The lowest BCUT2D eigenvalue weighted by Gasteiger charge is -2.27. The van der Waals surface area contributed by atoms with Gasteiger partial charge in [-0.1, -0.05) is 23.7 Å². The van der Waals surface area contributed by atoms with Crippen molar-refractivity contribution in [3.05, 3.63) is 34.9 Å². The molecule has 2 aliphatic rings. The maximum atomic E-state index is 12.3. The zero-order valence-electron chi connectivity index (χ0n) is 12.7. The van der Waals surface area contributed by atoms with Crippen LogP contribution in [-0.2, 0) is 14.9 Å². The Hall–Kier alpha value is -1.10. The van der Waals surface area contributed by atoms with Crippen LogP contribution in [0.2, 0.25) is 5.02 Å². The summed E-state index contributed by atoms with van der Waals surface area (Å²) in [5.41, 5.74) is 7.44. The minimum absolute atomic E-state index is 0.0351. The first-order chi connectivity index (χ1) is 10.6. The van der Waals surface area contributed by atoms with E-state index >= 15 is 0 Å². The lowest BCUT2D eigenvalue weighted by atomic mass is 9.91. The lowest BCUT2D eigenvalue weighted by molar-refractivity contribution is -0.124. The van der Waals surface area contributed by atoms with Gasteiger partial charge < -0.3 is 15.8 Å². The average molecular weight is 323 g/mol. The Balaban J connectivity index is 1.55. The molecule has 0 bridgehead atoms. The monoisotopic (exact) mass is 322 g/mol. The molecule has 0 radical (unpaired) electrons. The van der Waals surface area contributed by atoms with Gasteiger partial charge in [-0.15, -0.1) is 0 Å². The molecule has 22 heavy (non-hydrogen) atoms. The second-order valence-electron chi connectivity index (χ2n) is 6.48. The number of halogens is 1.